The Hall–Kier alpha value is -2.43. The minimum atomic E-state index is -0.914. The molecule has 5 heteroatoms. The number of aliphatic carboxylic acids is 1. The Morgan fingerprint density at radius 1 is 1.24 bits per heavy atom. The van der Waals surface area contributed by atoms with Gasteiger partial charge in [-0.1, -0.05) is 19.9 Å². The lowest BCUT2D eigenvalue weighted by molar-refractivity contribution is -0.140. The van der Waals surface area contributed by atoms with Crippen LogP contribution < -0.4 is 5.32 Å². The largest absolute Gasteiger partial charge is 0.481 e. The molecule has 0 aliphatic heterocycles. The molecule has 1 aromatic carbocycles. The number of carboxylic acid groups (broad SMARTS) is 1. The second kappa shape index (κ2) is 4.55. The molecular weight excluding hydrogens is 268 g/mol. The fourth-order valence-electron chi connectivity index (χ4n) is 2.96. The van der Waals surface area contributed by atoms with E-state index in [0.717, 1.165) is 10.9 Å². The number of nitrogens with zero attached hydrogens (tertiary/aromatic N) is 1. The summed E-state index contributed by atoms with van der Waals surface area (Å²) >= 11 is 0. The summed E-state index contributed by atoms with van der Waals surface area (Å²) in [6.07, 6.45) is 1.71. The summed E-state index contributed by atoms with van der Waals surface area (Å²) in [4.78, 5) is 27.6. The first-order valence-corrected chi connectivity index (χ1v) is 6.80. The molecule has 2 aromatic rings. The van der Waals surface area contributed by atoms with Crippen molar-refractivity contribution >= 4 is 28.5 Å². The SMILES string of the molecule is CC1(C)C(C(=O)O)C1C(=O)Nc1ccc2ncccc2c1. The second-order valence-corrected chi connectivity index (χ2v) is 6.02. The number of benzene rings is 1. The third-order valence-corrected chi connectivity index (χ3v) is 4.25. The predicted molar refractivity (Wildman–Crippen MR) is 78.8 cm³/mol. The summed E-state index contributed by atoms with van der Waals surface area (Å²) in [5.74, 6) is -2.25. The number of amides is 1. The van der Waals surface area contributed by atoms with Gasteiger partial charge < -0.3 is 10.4 Å². The summed E-state index contributed by atoms with van der Waals surface area (Å²) < 4.78 is 0. The van der Waals surface area contributed by atoms with Crippen LogP contribution in [0.25, 0.3) is 10.9 Å². The van der Waals surface area contributed by atoms with Gasteiger partial charge in [-0.15, -0.1) is 0 Å². The van der Waals surface area contributed by atoms with Crippen LogP contribution in [0, 0.1) is 17.3 Å². The summed E-state index contributed by atoms with van der Waals surface area (Å²) in [6.45, 7) is 3.61. The number of carbonyl (C=O) groups excluding carboxylic acids is 1. The molecule has 21 heavy (non-hydrogen) atoms. The standard InChI is InChI=1S/C16H16N2O3/c1-16(2)12(13(16)15(20)21)14(19)18-10-5-6-11-9(8-10)4-3-7-17-11/h3-8,12-13H,1-2H3,(H,18,19)(H,20,21). The number of hydrogen-bond acceptors (Lipinski definition) is 3. The van der Waals surface area contributed by atoms with Crippen molar-refractivity contribution in [3.8, 4) is 0 Å². The van der Waals surface area contributed by atoms with Crippen molar-refractivity contribution in [2.45, 2.75) is 13.8 Å². The minimum absolute atomic E-state index is 0.240. The lowest BCUT2D eigenvalue weighted by Gasteiger charge is -2.07. The van der Waals surface area contributed by atoms with Crippen LogP contribution in [0.3, 0.4) is 0 Å². The van der Waals surface area contributed by atoms with Gasteiger partial charge in [0.05, 0.1) is 17.4 Å². The molecule has 1 aliphatic rings. The molecule has 2 N–H and O–H groups in total. The maximum atomic E-state index is 12.3. The molecule has 1 aliphatic carbocycles. The first kappa shape index (κ1) is 13.5. The lowest BCUT2D eigenvalue weighted by atomic mass is 10.1. The molecular formula is C16H16N2O3. The fraction of sp³-hybridized carbons (Fsp3) is 0.312. The quantitative estimate of drug-likeness (QED) is 0.907. The number of rotatable bonds is 3. The van der Waals surface area contributed by atoms with E-state index in [4.69, 9.17) is 5.11 Å². The Bertz CT molecular complexity index is 739. The summed E-state index contributed by atoms with van der Waals surface area (Å²) in [6, 6.07) is 9.19. The van der Waals surface area contributed by atoms with Crippen LogP contribution in [0.2, 0.25) is 0 Å². The van der Waals surface area contributed by atoms with Gasteiger partial charge in [0.2, 0.25) is 5.91 Å². The van der Waals surface area contributed by atoms with Gasteiger partial charge in [0.1, 0.15) is 0 Å². The van der Waals surface area contributed by atoms with Gasteiger partial charge in [0.25, 0.3) is 0 Å². The molecule has 2 unspecified atom stereocenters. The van der Waals surface area contributed by atoms with Gasteiger partial charge in [0, 0.05) is 17.3 Å². The Morgan fingerprint density at radius 3 is 2.67 bits per heavy atom. The zero-order valence-corrected chi connectivity index (χ0v) is 11.8. The minimum Gasteiger partial charge on any atom is -0.481 e. The van der Waals surface area contributed by atoms with Gasteiger partial charge in [0.15, 0.2) is 0 Å². The third kappa shape index (κ3) is 2.24. The first-order chi connectivity index (χ1) is 9.91. The van der Waals surface area contributed by atoms with Crippen LogP contribution in [-0.4, -0.2) is 22.0 Å². The number of fused-ring (bicyclic) bond motifs is 1. The number of carbonyl (C=O) groups is 2. The number of hydrogen-bond donors (Lipinski definition) is 2. The van der Waals surface area contributed by atoms with Gasteiger partial charge in [-0.05, 0) is 29.7 Å². The zero-order chi connectivity index (χ0) is 15.2. The zero-order valence-electron chi connectivity index (χ0n) is 11.8. The molecule has 1 saturated carbocycles. The van der Waals surface area contributed by atoms with E-state index in [1.165, 1.54) is 0 Å². The van der Waals surface area contributed by atoms with Crippen molar-refractivity contribution < 1.29 is 14.7 Å². The van der Waals surface area contributed by atoms with Crippen molar-refractivity contribution in [1.29, 1.82) is 0 Å². The molecule has 5 nitrogen and oxygen atoms in total. The van der Waals surface area contributed by atoms with Crippen molar-refractivity contribution in [3.63, 3.8) is 0 Å². The summed E-state index contributed by atoms with van der Waals surface area (Å²) in [7, 11) is 0. The smallest absolute Gasteiger partial charge is 0.307 e. The van der Waals surface area contributed by atoms with Gasteiger partial charge in [-0.25, -0.2) is 0 Å². The Balaban J connectivity index is 1.80. The van der Waals surface area contributed by atoms with Crippen molar-refractivity contribution in [2.75, 3.05) is 5.32 Å². The molecule has 1 fully saturated rings. The molecule has 1 aromatic heterocycles. The van der Waals surface area contributed by atoms with E-state index >= 15 is 0 Å². The molecule has 1 heterocycles. The monoisotopic (exact) mass is 284 g/mol. The molecule has 0 radical (unpaired) electrons. The van der Waals surface area contributed by atoms with E-state index in [1.807, 2.05) is 24.3 Å². The second-order valence-electron chi connectivity index (χ2n) is 6.02. The Morgan fingerprint density at radius 2 is 2.00 bits per heavy atom. The number of anilines is 1. The van der Waals surface area contributed by atoms with Crippen LogP contribution in [0.1, 0.15) is 13.8 Å². The molecule has 108 valence electrons. The lowest BCUT2D eigenvalue weighted by Crippen LogP contribution is -2.17. The van der Waals surface area contributed by atoms with Crippen LogP contribution in [0.4, 0.5) is 5.69 Å². The van der Waals surface area contributed by atoms with Gasteiger partial charge in [-0.3, -0.25) is 14.6 Å². The Labute approximate surface area is 122 Å². The van der Waals surface area contributed by atoms with Crippen molar-refractivity contribution in [1.82, 2.24) is 4.98 Å². The fourth-order valence-corrected chi connectivity index (χ4v) is 2.96. The van der Waals surface area contributed by atoms with E-state index < -0.39 is 23.2 Å². The molecule has 3 rings (SSSR count). The van der Waals surface area contributed by atoms with Crippen LogP contribution in [0.15, 0.2) is 36.5 Å². The van der Waals surface area contributed by atoms with Gasteiger partial charge in [-0.2, -0.15) is 0 Å². The van der Waals surface area contributed by atoms with E-state index in [2.05, 4.69) is 10.3 Å². The van der Waals surface area contributed by atoms with Crippen molar-refractivity contribution in [2.24, 2.45) is 17.3 Å². The van der Waals surface area contributed by atoms with Crippen molar-refractivity contribution in [3.05, 3.63) is 36.5 Å². The number of pyridine rings is 1. The summed E-state index contributed by atoms with van der Waals surface area (Å²) in [5.41, 5.74) is 1.02. The topological polar surface area (TPSA) is 79.3 Å². The molecule has 0 saturated heterocycles. The predicted octanol–water partition coefficient (Wildman–Crippen LogP) is 2.53. The highest BCUT2D eigenvalue weighted by atomic mass is 16.4. The first-order valence-electron chi connectivity index (χ1n) is 6.80. The van der Waals surface area contributed by atoms with Crippen LogP contribution >= 0.6 is 0 Å². The number of carboxylic acids is 1. The van der Waals surface area contributed by atoms with Crippen LogP contribution in [0.5, 0.6) is 0 Å². The highest BCUT2D eigenvalue weighted by Crippen LogP contribution is 2.58. The van der Waals surface area contributed by atoms with Gasteiger partial charge >= 0.3 is 5.97 Å². The van der Waals surface area contributed by atoms with Crippen LogP contribution in [-0.2, 0) is 9.59 Å². The summed E-state index contributed by atoms with van der Waals surface area (Å²) in [5, 5.41) is 12.9. The van der Waals surface area contributed by atoms with E-state index in [1.54, 1.807) is 26.1 Å². The molecule has 0 bridgehead atoms. The normalized spacial score (nSPS) is 22.8. The van der Waals surface area contributed by atoms with E-state index in [-0.39, 0.29) is 5.91 Å². The third-order valence-electron chi connectivity index (χ3n) is 4.25. The Kier molecular flexibility index (Phi) is 2.93. The molecule has 0 spiro atoms. The highest BCUT2D eigenvalue weighted by Gasteiger charge is 2.65. The van der Waals surface area contributed by atoms with E-state index in [0.29, 0.717) is 5.69 Å². The number of nitrogens with one attached hydrogen (secondary N) is 1. The average molecular weight is 284 g/mol. The highest BCUT2D eigenvalue weighted by molar-refractivity contribution is 6.00. The number of aromatic nitrogens is 1. The van der Waals surface area contributed by atoms with E-state index in [9.17, 15) is 9.59 Å². The maximum Gasteiger partial charge on any atom is 0.307 e. The molecule has 1 amide bonds. The average Bonchev–Trinajstić information content (AvgIpc) is 3.02. The maximum absolute atomic E-state index is 12.3. The molecule has 2 atom stereocenters.